The van der Waals surface area contributed by atoms with E-state index in [9.17, 15) is 9.59 Å². The zero-order valence-electron chi connectivity index (χ0n) is 10.6. The van der Waals surface area contributed by atoms with Gasteiger partial charge < -0.3 is 0 Å². The van der Waals surface area contributed by atoms with Crippen molar-refractivity contribution in [2.24, 2.45) is 22.7 Å². The molecular formula is C13H21NO2. The Labute approximate surface area is 97.3 Å². The van der Waals surface area contributed by atoms with Crippen LogP contribution in [0.3, 0.4) is 0 Å². The van der Waals surface area contributed by atoms with Gasteiger partial charge in [0.2, 0.25) is 0 Å². The molecule has 0 aliphatic carbocycles. The molecule has 0 aromatic rings. The van der Waals surface area contributed by atoms with E-state index in [0.717, 1.165) is 6.42 Å². The van der Waals surface area contributed by atoms with Crippen molar-refractivity contribution in [2.75, 3.05) is 0 Å². The van der Waals surface area contributed by atoms with Crippen molar-refractivity contribution in [1.82, 2.24) is 0 Å². The average molecular weight is 223 g/mol. The van der Waals surface area contributed by atoms with Crippen LogP contribution in [0.5, 0.6) is 0 Å². The second-order valence-corrected chi connectivity index (χ2v) is 5.16. The third-order valence-corrected chi connectivity index (χ3v) is 3.09. The van der Waals surface area contributed by atoms with E-state index >= 15 is 0 Å². The molecule has 1 amide bonds. The molecule has 1 aliphatic rings. The number of hydrogen-bond donors (Lipinski definition) is 0. The molecule has 0 aromatic heterocycles. The Bertz CT molecular complexity index is 318. The van der Waals surface area contributed by atoms with Crippen LogP contribution in [-0.4, -0.2) is 17.4 Å². The lowest BCUT2D eigenvalue weighted by molar-refractivity contribution is -0.127. The maximum absolute atomic E-state index is 12.0. The number of ketones is 1. The summed E-state index contributed by atoms with van der Waals surface area (Å²) in [6.45, 7) is 8.20. The zero-order chi connectivity index (χ0) is 12.3. The fourth-order valence-electron chi connectivity index (χ4n) is 1.88. The number of aliphatic imine (C=N–C) groups is 1. The molecule has 2 atom stereocenters. The Morgan fingerprint density at radius 3 is 2.38 bits per heavy atom. The minimum absolute atomic E-state index is 0.0287. The van der Waals surface area contributed by atoms with Crippen molar-refractivity contribution >= 4 is 17.4 Å². The molecule has 0 spiro atoms. The number of hydrogen-bond acceptors (Lipinski definition) is 2. The molecule has 1 aliphatic heterocycles. The first-order valence-electron chi connectivity index (χ1n) is 6.11. The highest BCUT2D eigenvalue weighted by Gasteiger charge is 2.36. The van der Waals surface area contributed by atoms with Gasteiger partial charge in [-0.1, -0.05) is 34.1 Å². The van der Waals surface area contributed by atoms with Crippen molar-refractivity contribution in [3.63, 3.8) is 0 Å². The minimum Gasteiger partial charge on any atom is -0.292 e. The van der Waals surface area contributed by atoms with Crippen LogP contribution in [0.2, 0.25) is 0 Å². The minimum atomic E-state index is -0.487. The summed E-state index contributed by atoms with van der Waals surface area (Å²) < 4.78 is 0. The van der Waals surface area contributed by atoms with Gasteiger partial charge in [0.15, 0.2) is 5.78 Å². The molecule has 1 rings (SSSR count). The largest absolute Gasteiger partial charge is 0.292 e. The molecule has 0 radical (unpaired) electrons. The maximum Gasteiger partial charge on any atom is 0.257 e. The Morgan fingerprint density at radius 1 is 1.25 bits per heavy atom. The van der Waals surface area contributed by atoms with Crippen LogP contribution in [0.25, 0.3) is 0 Å². The molecule has 3 nitrogen and oxygen atoms in total. The van der Waals surface area contributed by atoms with Gasteiger partial charge in [-0.2, -0.15) is 0 Å². The van der Waals surface area contributed by atoms with Gasteiger partial charge in [0.1, 0.15) is 5.92 Å². The normalized spacial score (nSPS) is 22.8. The molecule has 0 saturated carbocycles. The van der Waals surface area contributed by atoms with E-state index in [2.05, 4.69) is 18.8 Å². The molecule has 0 saturated heterocycles. The van der Waals surface area contributed by atoms with Crippen LogP contribution < -0.4 is 0 Å². The zero-order valence-corrected chi connectivity index (χ0v) is 10.6. The number of rotatable bonds is 5. The van der Waals surface area contributed by atoms with Gasteiger partial charge in [-0.3, -0.25) is 9.59 Å². The predicted molar refractivity (Wildman–Crippen MR) is 64.5 cm³/mol. The molecule has 16 heavy (non-hydrogen) atoms. The number of amides is 1. The van der Waals surface area contributed by atoms with Gasteiger partial charge in [-0.25, -0.2) is 4.99 Å². The lowest BCUT2D eigenvalue weighted by Crippen LogP contribution is -2.23. The lowest BCUT2D eigenvalue weighted by atomic mass is 9.90. The maximum atomic E-state index is 12.0. The summed E-state index contributed by atoms with van der Waals surface area (Å²) in [7, 11) is 0. The van der Waals surface area contributed by atoms with Crippen molar-refractivity contribution in [2.45, 2.75) is 47.0 Å². The van der Waals surface area contributed by atoms with Gasteiger partial charge >= 0.3 is 0 Å². The van der Waals surface area contributed by atoms with E-state index in [1.165, 1.54) is 0 Å². The summed E-state index contributed by atoms with van der Waals surface area (Å²) in [5, 5.41) is 0. The van der Waals surface area contributed by atoms with Crippen LogP contribution >= 0.6 is 0 Å². The molecule has 3 heteroatoms. The van der Waals surface area contributed by atoms with Crippen molar-refractivity contribution < 1.29 is 9.59 Å². The van der Waals surface area contributed by atoms with Gasteiger partial charge in [-0.05, 0) is 24.7 Å². The van der Waals surface area contributed by atoms with Gasteiger partial charge in [0, 0.05) is 0 Å². The number of carbonyl (C=O) groups is 2. The average Bonchev–Trinajstić information content (AvgIpc) is 2.45. The predicted octanol–water partition coefficient (Wildman–Crippen LogP) is 2.64. The summed E-state index contributed by atoms with van der Waals surface area (Å²) >= 11 is 0. The van der Waals surface area contributed by atoms with Gasteiger partial charge in [0.25, 0.3) is 5.91 Å². The molecule has 0 fully saturated rings. The van der Waals surface area contributed by atoms with E-state index in [-0.39, 0.29) is 11.7 Å². The molecular weight excluding hydrogens is 202 g/mol. The highest BCUT2D eigenvalue weighted by molar-refractivity contribution is 6.49. The Hall–Kier alpha value is -0.990. The Morgan fingerprint density at radius 2 is 1.88 bits per heavy atom. The number of carbonyl (C=O) groups excluding carboxylic acids is 2. The topological polar surface area (TPSA) is 46.5 Å². The van der Waals surface area contributed by atoms with Crippen LogP contribution in [0, 0.1) is 17.8 Å². The van der Waals surface area contributed by atoms with Crippen LogP contribution in [0.4, 0.5) is 0 Å². The second kappa shape index (κ2) is 5.37. The SMILES string of the molecule is CCC(C)CC1=NC(=O)C(CC(C)C)C1=O. The summed E-state index contributed by atoms with van der Waals surface area (Å²) in [6, 6.07) is 0. The lowest BCUT2D eigenvalue weighted by Gasteiger charge is -2.10. The highest BCUT2D eigenvalue weighted by atomic mass is 16.2. The third-order valence-electron chi connectivity index (χ3n) is 3.09. The molecule has 90 valence electrons. The van der Waals surface area contributed by atoms with Gasteiger partial charge in [-0.15, -0.1) is 0 Å². The van der Waals surface area contributed by atoms with E-state index in [1.807, 2.05) is 13.8 Å². The van der Waals surface area contributed by atoms with Crippen molar-refractivity contribution in [1.29, 1.82) is 0 Å². The summed E-state index contributed by atoms with van der Waals surface area (Å²) in [5.41, 5.74) is 0.505. The summed E-state index contributed by atoms with van der Waals surface area (Å²) in [5.74, 6) is 0.0411. The molecule has 2 unspecified atom stereocenters. The monoisotopic (exact) mass is 223 g/mol. The van der Waals surface area contributed by atoms with Crippen molar-refractivity contribution in [3.05, 3.63) is 0 Å². The van der Waals surface area contributed by atoms with Crippen LogP contribution in [0.15, 0.2) is 4.99 Å². The smallest absolute Gasteiger partial charge is 0.257 e. The number of Topliss-reactive ketones (excluding diaryl/α,β-unsaturated/α-hetero) is 1. The molecule has 1 heterocycles. The summed E-state index contributed by atoms with van der Waals surface area (Å²) in [6.07, 6.45) is 2.29. The Kier molecular flexibility index (Phi) is 4.39. The van der Waals surface area contributed by atoms with E-state index in [4.69, 9.17) is 0 Å². The summed E-state index contributed by atoms with van der Waals surface area (Å²) in [4.78, 5) is 27.5. The molecule has 0 N–H and O–H groups in total. The highest BCUT2D eigenvalue weighted by Crippen LogP contribution is 2.23. The van der Waals surface area contributed by atoms with E-state index in [1.54, 1.807) is 0 Å². The van der Waals surface area contributed by atoms with Crippen LogP contribution in [-0.2, 0) is 9.59 Å². The first-order valence-corrected chi connectivity index (χ1v) is 6.11. The first kappa shape index (κ1) is 13.1. The van der Waals surface area contributed by atoms with Gasteiger partial charge in [0.05, 0.1) is 5.71 Å². The standard InChI is InChI=1S/C13H21NO2/c1-5-9(4)7-11-12(15)10(6-8(2)3)13(16)14-11/h8-10H,5-7H2,1-4H3. The fraction of sp³-hybridized carbons (Fsp3) is 0.769. The Balaban J connectivity index is 2.67. The van der Waals surface area contributed by atoms with Crippen LogP contribution in [0.1, 0.15) is 47.0 Å². The number of nitrogens with zero attached hydrogens (tertiary/aromatic N) is 1. The molecule has 0 aromatic carbocycles. The fourth-order valence-corrected chi connectivity index (χ4v) is 1.88. The molecule has 0 bridgehead atoms. The van der Waals surface area contributed by atoms with E-state index < -0.39 is 5.92 Å². The van der Waals surface area contributed by atoms with E-state index in [0.29, 0.717) is 30.4 Å². The second-order valence-electron chi connectivity index (χ2n) is 5.16. The van der Waals surface area contributed by atoms with Crippen molar-refractivity contribution in [3.8, 4) is 0 Å². The first-order chi connectivity index (χ1) is 7.45. The third kappa shape index (κ3) is 3.00. The quantitative estimate of drug-likeness (QED) is 0.673.